The third kappa shape index (κ3) is 2.70. The summed E-state index contributed by atoms with van der Waals surface area (Å²) in [6.45, 7) is 3.21. The lowest BCUT2D eigenvalue weighted by atomic mass is 10.2. The Morgan fingerprint density at radius 1 is 1.19 bits per heavy atom. The third-order valence-corrected chi connectivity index (χ3v) is 5.50. The number of nitro benzene ring substituents is 1. The molecule has 2 atom stereocenters. The Labute approximate surface area is 150 Å². The van der Waals surface area contributed by atoms with E-state index in [0.29, 0.717) is 29.3 Å². The SMILES string of the molecule is O=[N+]([O-])c1ccc2nc(NC3C4CN(Cc5ccccc5)CC43)[nH]c2c1. The number of piperidine rings is 1. The predicted octanol–water partition coefficient (Wildman–Crippen LogP) is 3.01. The second-order valence-corrected chi connectivity index (χ2v) is 7.22. The summed E-state index contributed by atoms with van der Waals surface area (Å²) in [7, 11) is 0. The van der Waals surface area contributed by atoms with Gasteiger partial charge in [-0.3, -0.25) is 15.0 Å². The third-order valence-electron chi connectivity index (χ3n) is 5.50. The Morgan fingerprint density at radius 2 is 1.96 bits per heavy atom. The molecule has 2 unspecified atom stereocenters. The number of H-pyrrole nitrogens is 1. The summed E-state index contributed by atoms with van der Waals surface area (Å²) in [6.07, 6.45) is 0. The van der Waals surface area contributed by atoms with Crippen molar-refractivity contribution in [1.29, 1.82) is 0 Å². The van der Waals surface area contributed by atoms with Crippen LogP contribution in [0.4, 0.5) is 11.6 Å². The fourth-order valence-corrected chi connectivity index (χ4v) is 4.14. The molecule has 0 amide bonds. The summed E-state index contributed by atoms with van der Waals surface area (Å²) in [5.41, 5.74) is 2.87. The van der Waals surface area contributed by atoms with Crippen LogP contribution in [0.3, 0.4) is 0 Å². The first-order valence-corrected chi connectivity index (χ1v) is 8.84. The number of aromatic nitrogens is 2. The van der Waals surface area contributed by atoms with Crippen LogP contribution in [0.15, 0.2) is 48.5 Å². The number of benzene rings is 2. The Kier molecular flexibility index (Phi) is 3.43. The first-order chi connectivity index (χ1) is 12.7. The molecule has 0 radical (unpaired) electrons. The van der Waals surface area contributed by atoms with Gasteiger partial charge in [-0.15, -0.1) is 0 Å². The number of hydrogen-bond acceptors (Lipinski definition) is 5. The molecule has 0 bridgehead atoms. The number of imidazole rings is 1. The van der Waals surface area contributed by atoms with E-state index in [0.717, 1.165) is 25.2 Å². The highest BCUT2D eigenvalue weighted by Crippen LogP contribution is 2.47. The van der Waals surface area contributed by atoms with Crippen LogP contribution in [-0.4, -0.2) is 38.9 Å². The molecule has 1 saturated carbocycles. The van der Waals surface area contributed by atoms with Gasteiger partial charge in [0, 0.05) is 37.8 Å². The van der Waals surface area contributed by atoms with E-state index in [1.807, 2.05) is 6.07 Å². The largest absolute Gasteiger partial charge is 0.352 e. The van der Waals surface area contributed by atoms with Crippen molar-refractivity contribution in [3.8, 4) is 0 Å². The molecule has 1 aromatic heterocycles. The molecule has 5 rings (SSSR count). The topological polar surface area (TPSA) is 87.1 Å². The van der Waals surface area contributed by atoms with Crippen LogP contribution >= 0.6 is 0 Å². The highest BCUT2D eigenvalue weighted by atomic mass is 16.6. The lowest BCUT2D eigenvalue weighted by molar-refractivity contribution is -0.384. The number of rotatable bonds is 5. The summed E-state index contributed by atoms with van der Waals surface area (Å²) in [5, 5.41) is 14.4. The summed E-state index contributed by atoms with van der Waals surface area (Å²) in [4.78, 5) is 20.7. The number of non-ortho nitro benzene ring substituents is 1. The number of aromatic amines is 1. The summed E-state index contributed by atoms with van der Waals surface area (Å²) >= 11 is 0. The van der Waals surface area contributed by atoms with Crippen LogP contribution < -0.4 is 5.32 Å². The van der Waals surface area contributed by atoms with Gasteiger partial charge in [-0.2, -0.15) is 0 Å². The molecule has 3 aromatic rings. The van der Waals surface area contributed by atoms with Crippen LogP contribution in [0.1, 0.15) is 5.56 Å². The highest BCUT2D eigenvalue weighted by Gasteiger charge is 2.55. The van der Waals surface area contributed by atoms with Crippen LogP contribution in [0.2, 0.25) is 0 Å². The number of anilines is 1. The van der Waals surface area contributed by atoms with Gasteiger partial charge >= 0.3 is 0 Å². The highest BCUT2D eigenvalue weighted by molar-refractivity contribution is 5.80. The minimum absolute atomic E-state index is 0.0764. The molecule has 2 aromatic carbocycles. The van der Waals surface area contributed by atoms with E-state index in [1.165, 1.54) is 17.7 Å². The van der Waals surface area contributed by atoms with Crippen molar-refractivity contribution in [3.05, 3.63) is 64.2 Å². The molecule has 1 aliphatic heterocycles. The maximum Gasteiger partial charge on any atom is 0.271 e. The molecular formula is C19H19N5O2. The Hall–Kier alpha value is -2.93. The van der Waals surface area contributed by atoms with Gasteiger partial charge in [0.2, 0.25) is 5.95 Å². The smallest absolute Gasteiger partial charge is 0.271 e. The fourth-order valence-electron chi connectivity index (χ4n) is 4.14. The average Bonchev–Trinajstić information content (AvgIpc) is 3.00. The quantitative estimate of drug-likeness (QED) is 0.546. The molecule has 7 heteroatoms. The molecule has 2 aliphatic rings. The van der Waals surface area contributed by atoms with E-state index >= 15 is 0 Å². The zero-order chi connectivity index (χ0) is 17.7. The van der Waals surface area contributed by atoms with Gasteiger partial charge in [-0.05, 0) is 23.5 Å². The van der Waals surface area contributed by atoms with Crippen molar-refractivity contribution in [2.45, 2.75) is 12.6 Å². The van der Waals surface area contributed by atoms with Crippen molar-refractivity contribution in [3.63, 3.8) is 0 Å². The predicted molar refractivity (Wildman–Crippen MR) is 98.9 cm³/mol. The summed E-state index contributed by atoms with van der Waals surface area (Å²) in [5.74, 6) is 2.01. The lowest BCUT2D eigenvalue weighted by Gasteiger charge is -2.19. The fraction of sp³-hybridized carbons (Fsp3) is 0.316. The molecule has 1 aliphatic carbocycles. The van der Waals surface area contributed by atoms with Crippen molar-refractivity contribution in [2.24, 2.45) is 11.8 Å². The summed E-state index contributed by atoms with van der Waals surface area (Å²) < 4.78 is 0. The van der Waals surface area contributed by atoms with Gasteiger partial charge in [0.05, 0.1) is 16.0 Å². The van der Waals surface area contributed by atoms with Gasteiger partial charge in [0.15, 0.2) is 0 Å². The molecule has 26 heavy (non-hydrogen) atoms. The molecule has 1 saturated heterocycles. The normalized spacial score (nSPS) is 24.5. The van der Waals surface area contributed by atoms with Crippen molar-refractivity contribution in [2.75, 3.05) is 18.4 Å². The van der Waals surface area contributed by atoms with Crippen LogP contribution in [-0.2, 0) is 6.54 Å². The number of nitro groups is 1. The zero-order valence-electron chi connectivity index (χ0n) is 14.1. The van der Waals surface area contributed by atoms with Gasteiger partial charge < -0.3 is 10.3 Å². The monoisotopic (exact) mass is 349 g/mol. The zero-order valence-corrected chi connectivity index (χ0v) is 14.1. The Bertz CT molecular complexity index is 958. The molecular weight excluding hydrogens is 330 g/mol. The first kappa shape index (κ1) is 15.3. The number of hydrogen-bond donors (Lipinski definition) is 2. The molecule has 0 spiro atoms. The van der Waals surface area contributed by atoms with Crippen LogP contribution in [0.25, 0.3) is 11.0 Å². The van der Waals surface area contributed by atoms with Gasteiger partial charge in [0.25, 0.3) is 5.69 Å². The van der Waals surface area contributed by atoms with E-state index < -0.39 is 0 Å². The average molecular weight is 349 g/mol. The molecule has 2 fully saturated rings. The second kappa shape index (κ2) is 5.81. The van der Waals surface area contributed by atoms with E-state index in [9.17, 15) is 10.1 Å². The molecule has 2 N–H and O–H groups in total. The van der Waals surface area contributed by atoms with Crippen LogP contribution in [0.5, 0.6) is 0 Å². The van der Waals surface area contributed by atoms with Crippen molar-refractivity contribution >= 4 is 22.7 Å². The van der Waals surface area contributed by atoms with E-state index in [2.05, 4.69) is 44.5 Å². The standard InChI is InChI=1S/C19H19N5O2/c25-24(26)13-6-7-16-17(8-13)21-19(20-16)22-18-14-10-23(11-15(14)18)9-12-4-2-1-3-5-12/h1-8,14-15,18H,9-11H2,(H2,20,21,22). The van der Waals surface area contributed by atoms with Crippen molar-refractivity contribution in [1.82, 2.24) is 14.9 Å². The maximum absolute atomic E-state index is 10.9. The van der Waals surface area contributed by atoms with Crippen LogP contribution in [0, 0.1) is 22.0 Å². The minimum Gasteiger partial charge on any atom is -0.352 e. The summed E-state index contributed by atoms with van der Waals surface area (Å²) in [6, 6.07) is 15.7. The van der Waals surface area contributed by atoms with Crippen molar-refractivity contribution < 1.29 is 4.92 Å². The Balaban J connectivity index is 1.22. The van der Waals surface area contributed by atoms with Gasteiger partial charge in [-0.1, -0.05) is 30.3 Å². The number of likely N-dealkylation sites (tertiary alicyclic amines) is 1. The molecule has 2 heterocycles. The second-order valence-electron chi connectivity index (χ2n) is 7.22. The number of nitrogens with zero attached hydrogens (tertiary/aromatic N) is 3. The first-order valence-electron chi connectivity index (χ1n) is 8.84. The lowest BCUT2D eigenvalue weighted by Crippen LogP contribution is -2.27. The molecule has 7 nitrogen and oxygen atoms in total. The van der Waals surface area contributed by atoms with Gasteiger partial charge in [0.1, 0.15) is 0 Å². The van der Waals surface area contributed by atoms with E-state index in [1.54, 1.807) is 6.07 Å². The minimum atomic E-state index is -0.389. The van der Waals surface area contributed by atoms with E-state index in [-0.39, 0.29) is 10.6 Å². The maximum atomic E-state index is 10.9. The number of nitrogens with one attached hydrogen (secondary N) is 2. The van der Waals surface area contributed by atoms with Gasteiger partial charge in [-0.25, -0.2) is 4.98 Å². The van der Waals surface area contributed by atoms with E-state index in [4.69, 9.17) is 0 Å². The Morgan fingerprint density at radius 3 is 2.69 bits per heavy atom. The molecule has 132 valence electrons. The number of fused-ring (bicyclic) bond motifs is 2.